The lowest BCUT2D eigenvalue weighted by Crippen LogP contribution is -2.42. The van der Waals surface area contributed by atoms with Gasteiger partial charge >= 0.3 is 0 Å². The number of likely N-dealkylation sites (tertiary alicyclic amines) is 1. The summed E-state index contributed by atoms with van der Waals surface area (Å²) >= 11 is 6.75. The maximum atomic E-state index is 12.8. The molecule has 0 saturated carbocycles. The fourth-order valence-corrected chi connectivity index (χ4v) is 4.99. The van der Waals surface area contributed by atoms with Gasteiger partial charge in [-0.25, -0.2) is 0 Å². The van der Waals surface area contributed by atoms with Gasteiger partial charge in [0.15, 0.2) is 0 Å². The molecule has 173 valence electrons. The number of nitrogens with zero attached hydrogens (tertiary/aromatic N) is 1. The van der Waals surface area contributed by atoms with Gasteiger partial charge in [0.25, 0.3) is 0 Å². The van der Waals surface area contributed by atoms with E-state index in [4.69, 9.17) is 16.3 Å². The van der Waals surface area contributed by atoms with Gasteiger partial charge in [-0.2, -0.15) is 0 Å². The van der Waals surface area contributed by atoms with Gasteiger partial charge in [0.05, 0.1) is 6.10 Å². The summed E-state index contributed by atoms with van der Waals surface area (Å²) < 4.78 is 6.25. The number of piperidine rings is 1. The molecule has 1 amide bonds. The van der Waals surface area contributed by atoms with Gasteiger partial charge in [-0.05, 0) is 69.0 Å². The lowest BCUT2D eigenvalue weighted by atomic mass is 9.84. The second kappa shape index (κ2) is 12.4. The van der Waals surface area contributed by atoms with Crippen molar-refractivity contribution in [3.05, 3.63) is 65.5 Å². The number of carbonyl (C=O) groups excluding carboxylic acids is 1. The van der Waals surface area contributed by atoms with E-state index in [1.165, 1.54) is 5.56 Å². The van der Waals surface area contributed by atoms with Crippen LogP contribution in [-0.4, -0.2) is 44.1 Å². The van der Waals surface area contributed by atoms with Crippen LogP contribution in [-0.2, 0) is 16.0 Å². The smallest absolute Gasteiger partial charge is 0.222 e. The summed E-state index contributed by atoms with van der Waals surface area (Å²) in [5.41, 5.74) is 4.50. The van der Waals surface area contributed by atoms with Crippen LogP contribution in [0.2, 0.25) is 5.02 Å². The van der Waals surface area contributed by atoms with Gasteiger partial charge in [0.2, 0.25) is 5.91 Å². The average Bonchev–Trinajstić information content (AvgIpc) is 2.82. The van der Waals surface area contributed by atoms with Crippen molar-refractivity contribution in [2.75, 3.05) is 33.3 Å². The fourth-order valence-electron chi connectivity index (χ4n) is 4.69. The molecule has 1 aliphatic rings. The van der Waals surface area contributed by atoms with E-state index in [1.807, 2.05) is 24.1 Å². The van der Waals surface area contributed by atoms with Crippen LogP contribution >= 0.6 is 11.6 Å². The topological polar surface area (TPSA) is 41.6 Å². The van der Waals surface area contributed by atoms with Crippen molar-refractivity contribution in [3.8, 4) is 11.1 Å². The molecule has 4 nitrogen and oxygen atoms in total. The molecule has 0 bridgehead atoms. The zero-order valence-electron chi connectivity index (χ0n) is 19.4. The Morgan fingerprint density at radius 3 is 2.88 bits per heavy atom. The fraction of sp³-hybridized carbons (Fsp3) is 0.481. The lowest BCUT2D eigenvalue weighted by molar-refractivity contribution is -0.134. The highest BCUT2D eigenvalue weighted by Gasteiger charge is 2.32. The first-order valence-corrected chi connectivity index (χ1v) is 12.2. The van der Waals surface area contributed by atoms with Crippen molar-refractivity contribution < 1.29 is 9.53 Å². The zero-order chi connectivity index (χ0) is 22.9. The van der Waals surface area contributed by atoms with Crippen molar-refractivity contribution in [2.45, 2.75) is 45.1 Å². The molecule has 2 atom stereocenters. The highest BCUT2D eigenvalue weighted by atomic mass is 35.5. The van der Waals surface area contributed by atoms with Gasteiger partial charge in [-0.15, -0.1) is 0 Å². The summed E-state index contributed by atoms with van der Waals surface area (Å²) in [5, 5.41) is 3.84. The second-order valence-electron chi connectivity index (χ2n) is 8.50. The van der Waals surface area contributed by atoms with E-state index in [0.29, 0.717) is 19.6 Å². The Labute approximate surface area is 198 Å². The number of hydrogen-bond donors (Lipinski definition) is 1. The SMILES string of the molecule is [CH2]COC(c1cccc(Cl)c1-c1cccc(CC)c1)C1CCCN(C(=O)CCCNC)C1. The monoisotopic (exact) mass is 455 g/mol. The van der Waals surface area contributed by atoms with Crippen LogP contribution in [0.15, 0.2) is 42.5 Å². The van der Waals surface area contributed by atoms with Crippen LogP contribution in [0.1, 0.15) is 49.8 Å². The van der Waals surface area contributed by atoms with Crippen LogP contribution in [0, 0.1) is 12.8 Å². The van der Waals surface area contributed by atoms with Gasteiger partial charge in [-0.3, -0.25) is 4.79 Å². The highest BCUT2D eigenvalue weighted by molar-refractivity contribution is 6.33. The summed E-state index contributed by atoms with van der Waals surface area (Å²) in [6.07, 6.45) is 4.27. The molecular weight excluding hydrogens is 420 g/mol. The number of ether oxygens (including phenoxy) is 1. The Bertz CT molecular complexity index is 886. The Hall–Kier alpha value is -1.88. The van der Waals surface area contributed by atoms with Crippen LogP contribution in [0.5, 0.6) is 0 Å². The number of rotatable bonds is 10. The average molecular weight is 456 g/mol. The molecule has 2 aromatic rings. The molecule has 2 aromatic carbocycles. The minimum absolute atomic E-state index is 0.153. The molecular formula is C27H36ClN2O2. The minimum atomic E-state index is -0.153. The summed E-state index contributed by atoms with van der Waals surface area (Å²) in [6, 6.07) is 14.6. The van der Waals surface area contributed by atoms with E-state index in [9.17, 15) is 4.79 Å². The van der Waals surface area contributed by atoms with Crippen molar-refractivity contribution in [3.63, 3.8) is 0 Å². The predicted molar refractivity (Wildman–Crippen MR) is 133 cm³/mol. The molecule has 1 radical (unpaired) electrons. The molecule has 0 aromatic heterocycles. The summed E-state index contributed by atoms with van der Waals surface area (Å²) in [6.45, 7) is 8.89. The maximum Gasteiger partial charge on any atom is 0.222 e. The quantitative estimate of drug-likeness (QED) is 0.467. The molecule has 1 N–H and O–H groups in total. The molecule has 2 unspecified atom stereocenters. The normalized spacial score (nSPS) is 17.4. The number of hydrogen-bond acceptors (Lipinski definition) is 3. The molecule has 1 saturated heterocycles. The van der Waals surface area contributed by atoms with E-state index in [2.05, 4.69) is 49.5 Å². The largest absolute Gasteiger partial charge is 0.373 e. The number of amides is 1. The van der Waals surface area contributed by atoms with Crippen LogP contribution in [0.4, 0.5) is 0 Å². The number of carbonyl (C=O) groups is 1. The lowest BCUT2D eigenvalue weighted by Gasteiger charge is -2.38. The zero-order valence-corrected chi connectivity index (χ0v) is 20.2. The number of benzene rings is 2. The van der Waals surface area contributed by atoms with Crippen molar-refractivity contribution >= 4 is 17.5 Å². The first-order valence-electron chi connectivity index (χ1n) is 11.8. The third kappa shape index (κ3) is 6.12. The van der Waals surface area contributed by atoms with Gasteiger partial charge in [0, 0.05) is 42.6 Å². The van der Waals surface area contributed by atoms with E-state index >= 15 is 0 Å². The summed E-state index contributed by atoms with van der Waals surface area (Å²) in [7, 11) is 1.92. The third-order valence-electron chi connectivity index (χ3n) is 6.33. The Kier molecular flexibility index (Phi) is 9.58. The van der Waals surface area contributed by atoms with Crippen molar-refractivity contribution in [1.82, 2.24) is 10.2 Å². The Morgan fingerprint density at radius 2 is 2.12 bits per heavy atom. The number of halogens is 1. The Morgan fingerprint density at radius 1 is 1.31 bits per heavy atom. The molecule has 1 aliphatic heterocycles. The number of nitrogens with one attached hydrogen (secondary N) is 1. The number of aryl methyl sites for hydroxylation is 1. The van der Waals surface area contributed by atoms with Crippen LogP contribution in [0.25, 0.3) is 11.1 Å². The van der Waals surface area contributed by atoms with Crippen LogP contribution < -0.4 is 5.32 Å². The van der Waals surface area contributed by atoms with Gasteiger partial charge < -0.3 is 15.0 Å². The maximum absolute atomic E-state index is 12.8. The molecule has 0 spiro atoms. The summed E-state index contributed by atoms with van der Waals surface area (Å²) in [5.74, 6) is 0.450. The molecule has 32 heavy (non-hydrogen) atoms. The Balaban J connectivity index is 1.90. The van der Waals surface area contributed by atoms with E-state index in [1.54, 1.807) is 0 Å². The van der Waals surface area contributed by atoms with Crippen molar-refractivity contribution in [2.24, 2.45) is 5.92 Å². The van der Waals surface area contributed by atoms with Gasteiger partial charge in [0.1, 0.15) is 0 Å². The predicted octanol–water partition coefficient (Wildman–Crippen LogP) is 5.70. The third-order valence-corrected chi connectivity index (χ3v) is 6.64. The van der Waals surface area contributed by atoms with E-state index < -0.39 is 0 Å². The first-order chi connectivity index (χ1) is 15.6. The van der Waals surface area contributed by atoms with Crippen LogP contribution in [0.3, 0.4) is 0 Å². The molecule has 1 heterocycles. The minimum Gasteiger partial charge on any atom is -0.373 e. The second-order valence-corrected chi connectivity index (χ2v) is 8.91. The molecule has 1 fully saturated rings. The van der Waals surface area contributed by atoms with E-state index in [-0.39, 0.29) is 17.9 Å². The van der Waals surface area contributed by atoms with Crippen molar-refractivity contribution in [1.29, 1.82) is 0 Å². The summed E-state index contributed by atoms with van der Waals surface area (Å²) in [4.78, 5) is 14.8. The van der Waals surface area contributed by atoms with Gasteiger partial charge in [-0.1, -0.05) is 54.9 Å². The highest BCUT2D eigenvalue weighted by Crippen LogP contribution is 2.41. The standard InChI is InChI=1S/C27H36ClN2O2/c1-4-20-10-6-11-21(18-20)26-23(13-7-14-24(26)28)27(32-5-2)22-12-9-17-30(19-22)25(31)15-8-16-29-3/h6-7,10-11,13-14,18,22,27,29H,2,4-5,8-9,12,15-17,19H2,1,3H3. The molecule has 3 rings (SSSR count). The molecule has 5 heteroatoms. The first kappa shape index (κ1) is 24.8. The molecule has 0 aliphatic carbocycles. The van der Waals surface area contributed by atoms with E-state index in [0.717, 1.165) is 60.5 Å².